The fourth-order valence-corrected chi connectivity index (χ4v) is 2.25. The van der Waals surface area contributed by atoms with E-state index in [1.165, 1.54) is 11.4 Å². The molecule has 0 amide bonds. The van der Waals surface area contributed by atoms with Crippen molar-refractivity contribution < 1.29 is 0 Å². The molecule has 0 atom stereocenters. The lowest BCUT2D eigenvalue weighted by Crippen LogP contribution is -2.09. The fourth-order valence-electron chi connectivity index (χ4n) is 1.99. The lowest BCUT2D eigenvalue weighted by Gasteiger charge is -2.10. The van der Waals surface area contributed by atoms with Crippen LogP contribution in [0.25, 0.3) is 0 Å². The third kappa shape index (κ3) is 2.49. The van der Waals surface area contributed by atoms with Gasteiger partial charge in [-0.05, 0) is 24.2 Å². The standard InChI is InChI=1S/C12H18N4S/c1-9(2)11-8-13-12(17)16(11)7-5-10-4-6-14-15(10)3/h4,6,8-9H,5,7H2,1-3H3,(H,13,17). The maximum absolute atomic E-state index is 5.30. The van der Waals surface area contributed by atoms with Gasteiger partial charge in [-0.2, -0.15) is 5.10 Å². The van der Waals surface area contributed by atoms with Crippen LogP contribution in [0.2, 0.25) is 0 Å². The molecule has 0 aliphatic rings. The second-order valence-electron chi connectivity index (χ2n) is 4.52. The van der Waals surface area contributed by atoms with E-state index in [9.17, 15) is 0 Å². The second-order valence-corrected chi connectivity index (χ2v) is 4.91. The third-order valence-corrected chi connectivity index (χ3v) is 3.34. The van der Waals surface area contributed by atoms with E-state index in [4.69, 9.17) is 12.2 Å². The van der Waals surface area contributed by atoms with Gasteiger partial charge in [0.05, 0.1) is 0 Å². The molecule has 0 unspecified atom stereocenters. The Morgan fingerprint density at radius 1 is 1.47 bits per heavy atom. The summed E-state index contributed by atoms with van der Waals surface area (Å²) in [7, 11) is 1.97. The van der Waals surface area contributed by atoms with Crippen LogP contribution in [-0.4, -0.2) is 19.3 Å². The first-order valence-corrected chi connectivity index (χ1v) is 6.25. The Kier molecular flexibility index (Phi) is 3.47. The zero-order valence-electron chi connectivity index (χ0n) is 10.5. The zero-order valence-corrected chi connectivity index (χ0v) is 11.3. The molecule has 2 heterocycles. The molecule has 2 rings (SSSR count). The van der Waals surface area contributed by atoms with E-state index < -0.39 is 0 Å². The average Bonchev–Trinajstić information content (AvgIpc) is 2.82. The Balaban J connectivity index is 2.17. The summed E-state index contributed by atoms with van der Waals surface area (Å²) in [5, 5.41) is 4.17. The van der Waals surface area contributed by atoms with Gasteiger partial charge in [-0.15, -0.1) is 0 Å². The number of hydrogen-bond acceptors (Lipinski definition) is 2. The summed E-state index contributed by atoms with van der Waals surface area (Å²) in [5.41, 5.74) is 2.49. The highest BCUT2D eigenvalue weighted by Gasteiger charge is 2.08. The lowest BCUT2D eigenvalue weighted by molar-refractivity contribution is 0.598. The molecule has 92 valence electrons. The molecule has 2 aromatic heterocycles. The highest BCUT2D eigenvalue weighted by molar-refractivity contribution is 7.71. The van der Waals surface area contributed by atoms with Crippen molar-refractivity contribution in [2.75, 3.05) is 0 Å². The Morgan fingerprint density at radius 2 is 2.24 bits per heavy atom. The van der Waals surface area contributed by atoms with Crippen LogP contribution in [0.15, 0.2) is 18.5 Å². The van der Waals surface area contributed by atoms with Gasteiger partial charge < -0.3 is 9.55 Å². The summed E-state index contributed by atoms with van der Waals surface area (Å²) in [4.78, 5) is 3.12. The molecular formula is C12H18N4S. The third-order valence-electron chi connectivity index (χ3n) is 3.01. The predicted molar refractivity (Wildman–Crippen MR) is 70.6 cm³/mol. The average molecular weight is 250 g/mol. The normalized spacial score (nSPS) is 11.3. The Bertz CT molecular complexity index is 547. The Labute approximate surface area is 106 Å². The van der Waals surface area contributed by atoms with Crippen molar-refractivity contribution in [2.24, 2.45) is 7.05 Å². The minimum Gasteiger partial charge on any atom is -0.337 e. The Morgan fingerprint density at radius 3 is 2.82 bits per heavy atom. The molecule has 2 aromatic rings. The lowest BCUT2D eigenvalue weighted by atomic mass is 10.1. The van der Waals surface area contributed by atoms with Crippen molar-refractivity contribution in [3.63, 3.8) is 0 Å². The zero-order chi connectivity index (χ0) is 12.4. The quantitative estimate of drug-likeness (QED) is 0.847. The highest BCUT2D eigenvalue weighted by Crippen LogP contribution is 2.15. The molecule has 4 nitrogen and oxygen atoms in total. The van der Waals surface area contributed by atoms with Crippen LogP contribution in [0.4, 0.5) is 0 Å². The first-order chi connectivity index (χ1) is 8.09. The molecule has 0 radical (unpaired) electrons. The number of aryl methyl sites for hydroxylation is 2. The number of rotatable bonds is 4. The molecule has 17 heavy (non-hydrogen) atoms. The van der Waals surface area contributed by atoms with Gasteiger partial charge in [-0.1, -0.05) is 13.8 Å². The maximum atomic E-state index is 5.30. The molecule has 5 heteroatoms. The highest BCUT2D eigenvalue weighted by atomic mass is 32.1. The largest absolute Gasteiger partial charge is 0.337 e. The minimum absolute atomic E-state index is 0.481. The van der Waals surface area contributed by atoms with Crippen LogP contribution < -0.4 is 0 Å². The van der Waals surface area contributed by atoms with Gasteiger partial charge in [0.25, 0.3) is 0 Å². The molecule has 0 fully saturated rings. The summed E-state index contributed by atoms with van der Waals surface area (Å²) in [6.07, 6.45) is 4.79. The fraction of sp³-hybridized carbons (Fsp3) is 0.500. The topological polar surface area (TPSA) is 38.5 Å². The van der Waals surface area contributed by atoms with E-state index in [2.05, 4.69) is 28.5 Å². The Hall–Kier alpha value is -1.36. The van der Waals surface area contributed by atoms with Gasteiger partial charge in [0.2, 0.25) is 0 Å². The monoisotopic (exact) mass is 250 g/mol. The molecule has 0 aliphatic carbocycles. The van der Waals surface area contributed by atoms with Crippen molar-refractivity contribution in [1.82, 2.24) is 19.3 Å². The van der Waals surface area contributed by atoms with Crippen molar-refractivity contribution in [2.45, 2.75) is 32.7 Å². The molecule has 0 saturated heterocycles. The summed E-state index contributed by atoms with van der Waals surface area (Å²) in [6, 6.07) is 2.05. The first kappa shape index (κ1) is 12.1. The van der Waals surface area contributed by atoms with E-state index in [0.717, 1.165) is 17.7 Å². The molecule has 1 N–H and O–H groups in total. The smallest absolute Gasteiger partial charge is 0.177 e. The van der Waals surface area contributed by atoms with E-state index in [1.54, 1.807) is 0 Å². The van der Waals surface area contributed by atoms with Crippen LogP contribution in [0, 0.1) is 4.77 Å². The van der Waals surface area contributed by atoms with Crippen LogP contribution in [-0.2, 0) is 20.0 Å². The van der Waals surface area contributed by atoms with Gasteiger partial charge in [0.1, 0.15) is 0 Å². The van der Waals surface area contributed by atoms with Gasteiger partial charge in [-0.3, -0.25) is 4.68 Å². The van der Waals surface area contributed by atoms with E-state index in [0.29, 0.717) is 5.92 Å². The molecule has 0 saturated carbocycles. The van der Waals surface area contributed by atoms with E-state index in [1.807, 2.05) is 30.2 Å². The molecule has 0 aliphatic heterocycles. The summed E-state index contributed by atoms with van der Waals surface area (Å²) in [6.45, 7) is 5.26. The number of aromatic amines is 1. The first-order valence-electron chi connectivity index (χ1n) is 5.84. The van der Waals surface area contributed by atoms with Crippen molar-refractivity contribution >= 4 is 12.2 Å². The van der Waals surface area contributed by atoms with E-state index >= 15 is 0 Å². The van der Waals surface area contributed by atoms with Gasteiger partial charge in [0, 0.05) is 43.8 Å². The summed E-state index contributed by atoms with van der Waals surface area (Å²) < 4.78 is 4.88. The van der Waals surface area contributed by atoms with Crippen LogP contribution >= 0.6 is 12.2 Å². The molecule has 0 spiro atoms. The van der Waals surface area contributed by atoms with Crippen molar-refractivity contribution in [3.05, 3.63) is 34.6 Å². The van der Waals surface area contributed by atoms with E-state index in [-0.39, 0.29) is 0 Å². The van der Waals surface area contributed by atoms with Gasteiger partial charge >= 0.3 is 0 Å². The van der Waals surface area contributed by atoms with Gasteiger partial charge in [0.15, 0.2) is 4.77 Å². The maximum Gasteiger partial charge on any atom is 0.177 e. The number of aromatic nitrogens is 4. The SMILES string of the molecule is CC(C)c1c[nH]c(=S)n1CCc1ccnn1C. The summed E-state index contributed by atoms with van der Waals surface area (Å²) >= 11 is 5.30. The van der Waals surface area contributed by atoms with Crippen LogP contribution in [0.3, 0.4) is 0 Å². The molecule has 0 bridgehead atoms. The van der Waals surface area contributed by atoms with Crippen LogP contribution in [0.1, 0.15) is 31.2 Å². The number of hydrogen-bond donors (Lipinski definition) is 1. The number of H-pyrrole nitrogens is 1. The number of nitrogens with one attached hydrogen (secondary N) is 1. The molecule has 0 aromatic carbocycles. The van der Waals surface area contributed by atoms with Gasteiger partial charge in [-0.25, -0.2) is 0 Å². The van der Waals surface area contributed by atoms with Crippen molar-refractivity contribution in [1.29, 1.82) is 0 Å². The molecular weight excluding hydrogens is 232 g/mol. The minimum atomic E-state index is 0.481. The van der Waals surface area contributed by atoms with Crippen LogP contribution in [0.5, 0.6) is 0 Å². The number of imidazole rings is 1. The summed E-state index contributed by atoms with van der Waals surface area (Å²) in [5.74, 6) is 0.481. The van der Waals surface area contributed by atoms with Crippen molar-refractivity contribution in [3.8, 4) is 0 Å². The number of nitrogens with zero attached hydrogens (tertiary/aromatic N) is 3. The second kappa shape index (κ2) is 4.87. The predicted octanol–water partition coefficient (Wildman–Crippen LogP) is 2.65.